The van der Waals surface area contributed by atoms with Crippen molar-refractivity contribution in [3.05, 3.63) is 17.8 Å². The molecule has 1 aromatic heterocycles. The van der Waals surface area contributed by atoms with Crippen LogP contribution in [0.2, 0.25) is 0 Å². The third kappa shape index (κ3) is 4.34. The number of aromatic nitrogens is 1. The number of hydrogen-bond acceptors (Lipinski definition) is 5. The van der Waals surface area contributed by atoms with Crippen LogP contribution in [0.15, 0.2) is 12.3 Å². The number of ether oxygens (including phenoxy) is 1. The zero-order valence-corrected chi connectivity index (χ0v) is 12.7. The maximum Gasteiger partial charge on any atom is 0.340 e. The lowest BCUT2D eigenvalue weighted by atomic mass is 10.0. The highest BCUT2D eigenvalue weighted by molar-refractivity contribution is 5.97. The molecule has 1 heterocycles. The van der Waals surface area contributed by atoms with Gasteiger partial charge in [0.15, 0.2) is 0 Å². The molecule has 0 aliphatic heterocycles. The molecule has 2 rings (SSSR count). The van der Waals surface area contributed by atoms with Crippen molar-refractivity contribution in [2.24, 2.45) is 5.92 Å². The van der Waals surface area contributed by atoms with Crippen LogP contribution in [0.4, 0.5) is 11.5 Å². The van der Waals surface area contributed by atoms with Crippen LogP contribution >= 0.6 is 0 Å². The van der Waals surface area contributed by atoms with Crippen molar-refractivity contribution in [2.45, 2.75) is 45.4 Å². The Morgan fingerprint density at radius 3 is 2.95 bits per heavy atom. The minimum atomic E-state index is -0.397. The Balaban J connectivity index is 1.84. The molecule has 0 spiro atoms. The Kier molecular flexibility index (Phi) is 5.84. The van der Waals surface area contributed by atoms with Crippen LogP contribution in [0.25, 0.3) is 0 Å². The summed E-state index contributed by atoms with van der Waals surface area (Å²) in [6.07, 6.45) is 9.46. The smallest absolute Gasteiger partial charge is 0.340 e. The fourth-order valence-electron chi connectivity index (χ4n) is 2.90. The molecule has 5 nitrogen and oxygen atoms in total. The standard InChI is InChI=1S/C16H25N3O2/c1-2-21-16(20)13-9-11-19-15(14(13)17)18-10-5-8-12-6-3-4-7-12/h9,11-12H,2-8,10,17H2,1H3,(H,18,19). The van der Waals surface area contributed by atoms with E-state index in [0.29, 0.717) is 23.7 Å². The summed E-state index contributed by atoms with van der Waals surface area (Å²) >= 11 is 0. The summed E-state index contributed by atoms with van der Waals surface area (Å²) in [6, 6.07) is 1.59. The van der Waals surface area contributed by atoms with Crippen LogP contribution in [0.5, 0.6) is 0 Å². The van der Waals surface area contributed by atoms with Crippen molar-refractivity contribution in [2.75, 3.05) is 24.2 Å². The minimum absolute atomic E-state index is 0.338. The van der Waals surface area contributed by atoms with Gasteiger partial charge in [0.25, 0.3) is 0 Å². The number of nitrogen functional groups attached to an aromatic ring is 1. The highest BCUT2D eigenvalue weighted by atomic mass is 16.5. The molecule has 0 unspecified atom stereocenters. The molecular formula is C16H25N3O2. The molecule has 0 amide bonds. The van der Waals surface area contributed by atoms with Gasteiger partial charge in [-0.3, -0.25) is 0 Å². The number of hydrogen-bond donors (Lipinski definition) is 2. The average molecular weight is 291 g/mol. The Hall–Kier alpha value is -1.78. The first-order chi connectivity index (χ1) is 10.2. The van der Waals surface area contributed by atoms with E-state index in [2.05, 4.69) is 10.3 Å². The molecule has 0 atom stereocenters. The van der Waals surface area contributed by atoms with E-state index in [-0.39, 0.29) is 0 Å². The molecule has 1 aliphatic carbocycles. The summed E-state index contributed by atoms with van der Waals surface area (Å²) in [6.45, 7) is 2.95. The van der Waals surface area contributed by atoms with Crippen LogP contribution in [-0.2, 0) is 4.74 Å². The lowest BCUT2D eigenvalue weighted by molar-refractivity contribution is 0.0527. The second-order valence-electron chi connectivity index (χ2n) is 5.56. The van der Waals surface area contributed by atoms with Gasteiger partial charge in [-0.1, -0.05) is 25.7 Å². The van der Waals surface area contributed by atoms with Gasteiger partial charge in [0.05, 0.1) is 17.9 Å². The van der Waals surface area contributed by atoms with E-state index in [0.717, 1.165) is 18.9 Å². The third-order valence-corrected chi connectivity index (χ3v) is 4.04. The summed E-state index contributed by atoms with van der Waals surface area (Å²) in [5.41, 5.74) is 6.74. The number of carbonyl (C=O) groups is 1. The van der Waals surface area contributed by atoms with Crippen LogP contribution in [-0.4, -0.2) is 24.1 Å². The van der Waals surface area contributed by atoms with Crippen molar-refractivity contribution in [3.8, 4) is 0 Å². The van der Waals surface area contributed by atoms with E-state index in [1.54, 1.807) is 19.2 Å². The van der Waals surface area contributed by atoms with Crippen LogP contribution in [0, 0.1) is 5.92 Å². The van der Waals surface area contributed by atoms with Gasteiger partial charge in [0, 0.05) is 12.7 Å². The van der Waals surface area contributed by atoms with Gasteiger partial charge in [-0.2, -0.15) is 0 Å². The monoisotopic (exact) mass is 291 g/mol. The van der Waals surface area contributed by atoms with Crippen molar-refractivity contribution in [1.29, 1.82) is 0 Å². The van der Waals surface area contributed by atoms with E-state index in [1.807, 2.05) is 0 Å². The number of nitrogens with two attached hydrogens (primary N) is 1. The molecule has 116 valence electrons. The van der Waals surface area contributed by atoms with Crippen molar-refractivity contribution in [1.82, 2.24) is 4.98 Å². The molecule has 1 fully saturated rings. The highest BCUT2D eigenvalue weighted by Gasteiger charge is 2.16. The van der Waals surface area contributed by atoms with Crippen LogP contribution in [0.1, 0.15) is 55.8 Å². The van der Waals surface area contributed by atoms with E-state index in [1.165, 1.54) is 32.1 Å². The Bertz CT molecular complexity index is 471. The normalized spacial score (nSPS) is 15.1. The van der Waals surface area contributed by atoms with Gasteiger partial charge in [0.2, 0.25) is 0 Å². The van der Waals surface area contributed by atoms with Gasteiger partial charge in [-0.15, -0.1) is 0 Å². The average Bonchev–Trinajstić information content (AvgIpc) is 2.98. The van der Waals surface area contributed by atoms with Crippen molar-refractivity contribution in [3.63, 3.8) is 0 Å². The molecule has 1 saturated carbocycles. The Labute approximate surface area is 126 Å². The molecule has 5 heteroatoms. The Morgan fingerprint density at radius 2 is 2.24 bits per heavy atom. The van der Waals surface area contributed by atoms with Gasteiger partial charge >= 0.3 is 5.97 Å². The van der Waals surface area contributed by atoms with E-state index < -0.39 is 5.97 Å². The van der Waals surface area contributed by atoms with Crippen LogP contribution < -0.4 is 11.1 Å². The predicted molar refractivity (Wildman–Crippen MR) is 84.3 cm³/mol. The van der Waals surface area contributed by atoms with Crippen molar-refractivity contribution >= 4 is 17.5 Å². The second kappa shape index (κ2) is 7.86. The number of carbonyl (C=O) groups excluding carboxylic acids is 1. The van der Waals surface area contributed by atoms with Gasteiger partial charge in [-0.05, 0) is 31.7 Å². The van der Waals surface area contributed by atoms with E-state index >= 15 is 0 Å². The van der Waals surface area contributed by atoms with E-state index in [4.69, 9.17) is 10.5 Å². The minimum Gasteiger partial charge on any atom is -0.462 e. The summed E-state index contributed by atoms with van der Waals surface area (Å²) in [7, 11) is 0. The largest absolute Gasteiger partial charge is 0.462 e. The summed E-state index contributed by atoms with van der Waals surface area (Å²) < 4.78 is 4.98. The maximum absolute atomic E-state index is 11.8. The number of rotatable bonds is 7. The first-order valence-electron chi connectivity index (χ1n) is 7.87. The molecular weight excluding hydrogens is 266 g/mol. The molecule has 3 N–H and O–H groups in total. The third-order valence-electron chi connectivity index (χ3n) is 4.04. The fourth-order valence-corrected chi connectivity index (χ4v) is 2.90. The lowest BCUT2D eigenvalue weighted by Crippen LogP contribution is -2.13. The highest BCUT2D eigenvalue weighted by Crippen LogP contribution is 2.28. The number of pyridine rings is 1. The Morgan fingerprint density at radius 1 is 1.48 bits per heavy atom. The molecule has 0 aromatic carbocycles. The van der Waals surface area contributed by atoms with E-state index in [9.17, 15) is 4.79 Å². The summed E-state index contributed by atoms with van der Waals surface area (Å²) in [4.78, 5) is 16.0. The second-order valence-corrected chi connectivity index (χ2v) is 5.56. The van der Waals surface area contributed by atoms with Gasteiger partial charge in [0.1, 0.15) is 5.82 Å². The summed E-state index contributed by atoms with van der Waals surface area (Å²) in [5.74, 6) is 1.07. The zero-order chi connectivity index (χ0) is 15.1. The first-order valence-corrected chi connectivity index (χ1v) is 7.87. The molecule has 0 saturated heterocycles. The number of nitrogens with one attached hydrogen (secondary N) is 1. The zero-order valence-electron chi connectivity index (χ0n) is 12.7. The SMILES string of the molecule is CCOC(=O)c1ccnc(NCCCC2CCCC2)c1N. The van der Waals surface area contributed by atoms with Gasteiger partial charge < -0.3 is 15.8 Å². The quantitative estimate of drug-likeness (QED) is 0.596. The number of esters is 1. The lowest BCUT2D eigenvalue weighted by Gasteiger charge is -2.12. The molecule has 0 bridgehead atoms. The fraction of sp³-hybridized carbons (Fsp3) is 0.625. The summed E-state index contributed by atoms with van der Waals surface area (Å²) in [5, 5.41) is 3.23. The molecule has 0 radical (unpaired) electrons. The predicted octanol–water partition coefficient (Wildman–Crippen LogP) is 3.22. The van der Waals surface area contributed by atoms with Crippen LogP contribution in [0.3, 0.4) is 0 Å². The number of nitrogens with zero attached hydrogens (tertiary/aromatic N) is 1. The molecule has 21 heavy (non-hydrogen) atoms. The maximum atomic E-state index is 11.8. The number of anilines is 2. The van der Waals surface area contributed by atoms with Crippen molar-refractivity contribution < 1.29 is 9.53 Å². The van der Waals surface area contributed by atoms with Gasteiger partial charge in [-0.25, -0.2) is 9.78 Å². The molecule has 1 aliphatic rings. The first kappa shape index (κ1) is 15.6. The topological polar surface area (TPSA) is 77.2 Å². The molecule has 1 aromatic rings.